The monoisotopic (exact) mass is 349 g/mol. The number of carbonyl (C=O) groups is 1. The average molecular weight is 349 g/mol. The number of H-pyrrole nitrogens is 1. The molecule has 2 N–H and O–H groups in total. The Balaban J connectivity index is 1.98. The van der Waals surface area contributed by atoms with Crippen LogP contribution in [0, 0.1) is 11.3 Å². The van der Waals surface area contributed by atoms with Crippen LogP contribution in [0.5, 0.6) is 0 Å². The van der Waals surface area contributed by atoms with Gasteiger partial charge >= 0.3 is 6.18 Å². The van der Waals surface area contributed by atoms with E-state index < -0.39 is 29.8 Å². The number of nitriles is 1. The first-order chi connectivity index (χ1) is 11.8. The average Bonchev–Trinajstić information content (AvgIpc) is 3.20. The smallest absolute Gasteiger partial charge is 0.391 e. The largest absolute Gasteiger partial charge is 0.416 e. The Kier molecular flexibility index (Phi) is 4.27. The van der Waals surface area contributed by atoms with Gasteiger partial charge in [0.25, 0.3) is 5.91 Å². The van der Waals surface area contributed by atoms with E-state index in [1.807, 2.05) is 6.07 Å². The standard InChI is InChI=1S/C17H14F3N3O2/c18-17(19,20)14-4-2-1-3-13(14)15-6-12(24)9-23(15)16(25)10-5-11(7-21)22-8-10/h1-5,8,12,15,22,24H,6,9H2. The van der Waals surface area contributed by atoms with Crippen molar-refractivity contribution in [2.45, 2.75) is 24.7 Å². The van der Waals surface area contributed by atoms with Crippen molar-refractivity contribution in [3.63, 3.8) is 0 Å². The fourth-order valence-electron chi connectivity index (χ4n) is 3.13. The summed E-state index contributed by atoms with van der Waals surface area (Å²) in [7, 11) is 0. The molecule has 130 valence electrons. The number of amides is 1. The number of carbonyl (C=O) groups excluding carboxylic acids is 1. The van der Waals surface area contributed by atoms with Gasteiger partial charge < -0.3 is 15.0 Å². The van der Waals surface area contributed by atoms with Gasteiger partial charge in [0.1, 0.15) is 11.8 Å². The summed E-state index contributed by atoms with van der Waals surface area (Å²) in [5, 5.41) is 18.8. The van der Waals surface area contributed by atoms with Crippen LogP contribution in [-0.4, -0.2) is 33.5 Å². The van der Waals surface area contributed by atoms with E-state index in [1.54, 1.807) is 0 Å². The van der Waals surface area contributed by atoms with Gasteiger partial charge in [0.2, 0.25) is 0 Å². The third-order valence-corrected chi connectivity index (χ3v) is 4.22. The molecule has 8 heteroatoms. The molecule has 0 spiro atoms. The summed E-state index contributed by atoms with van der Waals surface area (Å²) in [5.41, 5.74) is -0.523. The van der Waals surface area contributed by atoms with Gasteiger partial charge in [-0.15, -0.1) is 0 Å². The maximum Gasteiger partial charge on any atom is 0.416 e. The Morgan fingerprint density at radius 3 is 2.72 bits per heavy atom. The Morgan fingerprint density at radius 2 is 2.08 bits per heavy atom. The lowest BCUT2D eigenvalue weighted by Crippen LogP contribution is -2.32. The van der Waals surface area contributed by atoms with Crippen LogP contribution in [0.25, 0.3) is 0 Å². The minimum absolute atomic E-state index is 0.0222. The molecule has 0 bridgehead atoms. The van der Waals surface area contributed by atoms with Crippen molar-refractivity contribution in [3.05, 3.63) is 58.9 Å². The van der Waals surface area contributed by atoms with E-state index in [4.69, 9.17) is 5.26 Å². The van der Waals surface area contributed by atoms with Crippen LogP contribution in [0.4, 0.5) is 13.2 Å². The second kappa shape index (κ2) is 6.26. The quantitative estimate of drug-likeness (QED) is 0.875. The second-order valence-corrected chi connectivity index (χ2v) is 5.86. The lowest BCUT2D eigenvalue weighted by Gasteiger charge is -2.26. The molecule has 0 radical (unpaired) electrons. The summed E-state index contributed by atoms with van der Waals surface area (Å²) in [6, 6.07) is 7.34. The van der Waals surface area contributed by atoms with Gasteiger partial charge in [0.15, 0.2) is 0 Å². The number of nitrogens with one attached hydrogen (secondary N) is 1. The zero-order valence-corrected chi connectivity index (χ0v) is 12.9. The number of benzene rings is 1. The first-order valence-corrected chi connectivity index (χ1v) is 7.55. The molecule has 2 aromatic rings. The number of β-amino-alcohol motifs (C(OH)–C–C–N with tert-alkyl or cyclic N) is 1. The second-order valence-electron chi connectivity index (χ2n) is 5.86. The van der Waals surface area contributed by atoms with Crippen molar-refractivity contribution < 1.29 is 23.1 Å². The molecule has 0 saturated carbocycles. The minimum Gasteiger partial charge on any atom is -0.391 e. The molecule has 1 aliphatic rings. The van der Waals surface area contributed by atoms with Crippen molar-refractivity contribution in [2.24, 2.45) is 0 Å². The number of likely N-dealkylation sites (tertiary alicyclic amines) is 1. The van der Waals surface area contributed by atoms with Gasteiger partial charge in [0.05, 0.1) is 23.3 Å². The highest BCUT2D eigenvalue weighted by molar-refractivity contribution is 5.95. The van der Waals surface area contributed by atoms with E-state index in [2.05, 4.69) is 4.98 Å². The first kappa shape index (κ1) is 17.0. The molecule has 1 amide bonds. The number of alkyl halides is 3. The minimum atomic E-state index is -4.55. The van der Waals surface area contributed by atoms with Gasteiger partial charge in [-0.1, -0.05) is 18.2 Å². The van der Waals surface area contributed by atoms with Gasteiger partial charge in [-0.3, -0.25) is 4.79 Å². The molecule has 3 rings (SSSR count). The molecule has 5 nitrogen and oxygen atoms in total. The summed E-state index contributed by atoms with van der Waals surface area (Å²) in [5.74, 6) is -0.531. The van der Waals surface area contributed by atoms with Crippen LogP contribution >= 0.6 is 0 Å². The first-order valence-electron chi connectivity index (χ1n) is 7.55. The van der Waals surface area contributed by atoms with E-state index in [9.17, 15) is 23.1 Å². The van der Waals surface area contributed by atoms with Gasteiger partial charge in [-0.05, 0) is 24.1 Å². The van der Waals surface area contributed by atoms with Crippen LogP contribution in [0.1, 0.15) is 39.6 Å². The van der Waals surface area contributed by atoms with Crippen LogP contribution in [0.2, 0.25) is 0 Å². The number of aromatic nitrogens is 1. The Morgan fingerprint density at radius 1 is 1.36 bits per heavy atom. The van der Waals surface area contributed by atoms with E-state index in [0.29, 0.717) is 0 Å². The fraction of sp³-hybridized carbons (Fsp3) is 0.294. The molecule has 1 saturated heterocycles. The van der Waals surface area contributed by atoms with Crippen molar-refractivity contribution in [1.82, 2.24) is 9.88 Å². The number of hydrogen-bond donors (Lipinski definition) is 2. The fourth-order valence-corrected chi connectivity index (χ4v) is 3.13. The van der Waals surface area contributed by atoms with Crippen LogP contribution < -0.4 is 0 Å². The van der Waals surface area contributed by atoms with Gasteiger partial charge in [-0.2, -0.15) is 18.4 Å². The lowest BCUT2D eigenvalue weighted by atomic mass is 9.97. The number of rotatable bonds is 2. The highest BCUT2D eigenvalue weighted by Crippen LogP contribution is 2.40. The van der Waals surface area contributed by atoms with Gasteiger partial charge in [0, 0.05) is 12.7 Å². The number of aliphatic hydroxyl groups excluding tert-OH is 1. The van der Waals surface area contributed by atoms with Gasteiger partial charge in [-0.25, -0.2) is 0 Å². The highest BCUT2D eigenvalue weighted by Gasteiger charge is 2.41. The lowest BCUT2D eigenvalue weighted by molar-refractivity contribution is -0.138. The molecular formula is C17H14F3N3O2. The summed E-state index contributed by atoms with van der Waals surface area (Å²) in [4.78, 5) is 16.5. The Labute approximate surface area is 141 Å². The summed E-state index contributed by atoms with van der Waals surface area (Å²) in [6.07, 6.45) is -4.11. The molecule has 2 atom stereocenters. The third-order valence-electron chi connectivity index (χ3n) is 4.22. The van der Waals surface area contributed by atoms with Crippen molar-refractivity contribution in [1.29, 1.82) is 5.26 Å². The number of aromatic amines is 1. The predicted molar refractivity (Wildman–Crippen MR) is 81.4 cm³/mol. The van der Waals surface area contributed by atoms with Crippen molar-refractivity contribution >= 4 is 5.91 Å². The molecule has 2 unspecified atom stereocenters. The molecule has 2 heterocycles. The molecule has 1 fully saturated rings. The third kappa shape index (κ3) is 3.23. The van der Waals surface area contributed by atoms with E-state index in [0.717, 1.165) is 6.07 Å². The summed E-state index contributed by atoms with van der Waals surface area (Å²) >= 11 is 0. The number of nitrogens with zero attached hydrogens (tertiary/aromatic N) is 2. The molecule has 25 heavy (non-hydrogen) atoms. The number of aliphatic hydroxyl groups is 1. The maximum absolute atomic E-state index is 13.3. The Bertz CT molecular complexity index is 838. The zero-order chi connectivity index (χ0) is 18.2. The normalized spacial score (nSPS) is 20.5. The van der Waals surface area contributed by atoms with Crippen molar-refractivity contribution in [2.75, 3.05) is 6.54 Å². The molecule has 1 aromatic carbocycles. The summed E-state index contributed by atoms with van der Waals surface area (Å²) < 4.78 is 39.9. The molecule has 1 aromatic heterocycles. The molecular weight excluding hydrogens is 335 g/mol. The summed E-state index contributed by atoms with van der Waals surface area (Å²) in [6.45, 7) is -0.0667. The Hall–Kier alpha value is -2.79. The maximum atomic E-state index is 13.3. The van der Waals surface area contributed by atoms with E-state index in [-0.39, 0.29) is 29.8 Å². The molecule has 1 aliphatic heterocycles. The van der Waals surface area contributed by atoms with Crippen LogP contribution in [0.3, 0.4) is 0 Å². The van der Waals surface area contributed by atoms with Crippen LogP contribution in [0.15, 0.2) is 36.5 Å². The zero-order valence-electron chi connectivity index (χ0n) is 12.9. The topological polar surface area (TPSA) is 80.1 Å². The molecule has 0 aliphatic carbocycles. The number of halogens is 3. The van der Waals surface area contributed by atoms with Crippen molar-refractivity contribution in [3.8, 4) is 6.07 Å². The highest BCUT2D eigenvalue weighted by atomic mass is 19.4. The van der Waals surface area contributed by atoms with E-state index in [1.165, 1.54) is 35.4 Å². The predicted octanol–water partition coefficient (Wildman–Crippen LogP) is 2.85. The van der Waals surface area contributed by atoms with E-state index >= 15 is 0 Å². The number of hydrogen-bond acceptors (Lipinski definition) is 3. The van der Waals surface area contributed by atoms with Crippen LogP contribution in [-0.2, 0) is 6.18 Å². The SMILES string of the molecule is N#Cc1cc(C(=O)N2CC(O)CC2c2ccccc2C(F)(F)F)c[nH]1.